The van der Waals surface area contributed by atoms with Crippen molar-refractivity contribution < 1.29 is 9.23 Å². The number of piperidine rings is 1. The third-order valence-electron chi connectivity index (χ3n) is 6.24. The Bertz CT molecular complexity index is 1180. The van der Waals surface area contributed by atoms with E-state index in [1.807, 2.05) is 18.2 Å². The Morgan fingerprint density at radius 2 is 1.53 bits per heavy atom. The van der Waals surface area contributed by atoms with E-state index in [0.717, 1.165) is 36.2 Å². The molecule has 0 aliphatic carbocycles. The Balaban J connectivity index is 1.56. The van der Waals surface area contributed by atoms with Crippen LogP contribution in [0.3, 0.4) is 0 Å². The van der Waals surface area contributed by atoms with Crippen LogP contribution in [0.15, 0.2) is 84.9 Å². The second kappa shape index (κ2) is 9.64. The van der Waals surface area contributed by atoms with Gasteiger partial charge in [-0.25, -0.2) is 4.39 Å². The van der Waals surface area contributed by atoms with E-state index in [9.17, 15) is 4.39 Å². The first-order valence-corrected chi connectivity index (χ1v) is 11.5. The zero-order valence-electron chi connectivity index (χ0n) is 18.3. The van der Waals surface area contributed by atoms with E-state index in [0.29, 0.717) is 6.61 Å². The average molecular weight is 426 g/mol. The summed E-state index contributed by atoms with van der Waals surface area (Å²) in [4.78, 5) is 6.13. The molecule has 2 nitrogen and oxygen atoms in total. The molecule has 0 amide bonds. The summed E-state index contributed by atoms with van der Waals surface area (Å²) in [7, 11) is 0. The highest BCUT2D eigenvalue weighted by atomic mass is 19.1. The normalized spacial score (nSPS) is 14.7. The standard InChI is InChI=1S/C29H28FNO/c30-27-14-12-24(13-15-27)28-20-23(21-32-31-16-5-2-6-17-31)19-26-11-7-10-25(29(26)28)18-22-8-3-1-4-9-22/h1,3-4,7-15,19-20H,2,5-6,16-18,21H2. The molecule has 1 aliphatic heterocycles. The van der Waals surface area contributed by atoms with Crippen LogP contribution < -0.4 is 0 Å². The minimum absolute atomic E-state index is 0.216. The summed E-state index contributed by atoms with van der Waals surface area (Å²) < 4.78 is 13.7. The number of fused-ring (bicyclic) bond motifs is 1. The zero-order valence-corrected chi connectivity index (χ0v) is 18.3. The summed E-state index contributed by atoms with van der Waals surface area (Å²) in [5.41, 5.74) is 5.85. The van der Waals surface area contributed by atoms with E-state index in [1.165, 1.54) is 53.3 Å². The maximum Gasteiger partial charge on any atom is 0.123 e. The van der Waals surface area contributed by atoms with Crippen molar-refractivity contribution >= 4 is 10.8 Å². The number of rotatable bonds is 6. The fraction of sp³-hybridized carbons (Fsp3) is 0.241. The maximum atomic E-state index is 13.7. The van der Waals surface area contributed by atoms with Crippen LogP contribution in [0.5, 0.6) is 0 Å². The highest BCUT2D eigenvalue weighted by Gasteiger charge is 2.14. The van der Waals surface area contributed by atoms with Crippen molar-refractivity contribution in [3.63, 3.8) is 0 Å². The summed E-state index contributed by atoms with van der Waals surface area (Å²) >= 11 is 0. The predicted octanol–water partition coefficient (Wildman–Crippen LogP) is 7.15. The van der Waals surface area contributed by atoms with Crippen LogP contribution in [0, 0.1) is 5.82 Å². The van der Waals surface area contributed by atoms with E-state index in [-0.39, 0.29) is 5.82 Å². The Kier molecular flexibility index (Phi) is 6.29. The van der Waals surface area contributed by atoms with Gasteiger partial charge in [0, 0.05) is 13.1 Å². The number of hydroxylamine groups is 2. The van der Waals surface area contributed by atoms with E-state index < -0.39 is 0 Å². The van der Waals surface area contributed by atoms with Crippen LogP contribution in [0.4, 0.5) is 4.39 Å². The molecule has 4 aromatic rings. The van der Waals surface area contributed by atoms with Gasteiger partial charge in [0.2, 0.25) is 0 Å². The molecule has 32 heavy (non-hydrogen) atoms. The van der Waals surface area contributed by atoms with Crippen LogP contribution in [0.25, 0.3) is 21.9 Å². The number of nitrogens with zero attached hydrogens (tertiary/aromatic N) is 1. The van der Waals surface area contributed by atoms with Gasteiger partial charge in [-0.1, -0.05) is 67.1 Å². The van der Waals surface area contributed by atoms with Gasteiger partial charge in [0.25, 0.3) is 0 Å². The van der Waals surface area contributed by atoms with E-state index >= 15 is 0 Å². The lowest BCUT2D eigenvalue weighted by molar-refractivity contribution is -0.178. The van der Waals surface area contributed by atoms with Crippen molar-refractivity contribution in [2.75, 3.05) is 13.1 Å². The number of halogens is 1. The Morgan fingerprint density at radius 1 is 0.750 bits per heavy atom. The van der Waals surface area contributed by atoms with Gasteiger partial charge in [-0.2, -0.15) is 5.06 Å². The summed E-state index contributed by atoms with van der Waals surface area (Å²) in [6.07, 6.45) is 4.54. The molecule has 0 N–H and O–H groups in total. The van der Waals surface area contributed by atoms with Crippen LogP contribution in [-0.4, -0.2) is 18.2 Å². The molecule has 0 atom stereocenters. The predicted molar refractivity (Wildman–Crippen MR) is 129 cm³/mol. The first-order valence-electron chi connectivity index (χ1n) is 11.5. The monoisotopic (exact) mass is 425 g/mol. The molecule has 0 spiro atoms. The summed E-state index contributed by atoms with van der Waals surface area (Å²) in [6, 6.07) is 28.3. The van der Waals surface area contributed by atoms with Gasteiger partial charge in [0.05, 0.1) is 6.61 Å². The molecule has 0 unspecified atom stereocenters. The van der Waals surface area contributed by atoms with Gasteiger partial charge < -0.3 is 0 Å². The summed E-state index contributed by atoms with van der Waals surface area (Å²) in [5.74, 6) is -0.216. The molecule has 0 aromatic heterocycles. The van der Waals surface area contributed by atoms with E-state index in [1.54, 1.807) is 0 Å². The molecule has 3 heteroatoms. The third kappa shape index (κ3) is 4.74. The first-order chi connectivity index (χ1) is 15.8. The van der Waals surface area contributed by atoms with Crippen molar-refractivity contribution in [1.29, 1.82) is 0 Å². The third-order valence-corrected chi connectivity index (χ3v) is 6.24. The first kappa shape index (κ1) is 20.9. The number of hydrogen-bond acceptors (Lipinski definition) is 2. The molecule has 1 fully saturated rings. The summed E-state index contributed by atoms with van der Waals surface area (Å²) in [6.45, 7) is 2.55. The van der Waals surface area contributed by atoms with Crippen molar-refractivity contribution in [1.82, 2.24) is 5.06 Å². The molecule has 162 valence electrons. The highest BCUT2D eigenvalue weighted by molar-refractivity contribution is 5.99. The molecule has 1 aliphatic rings. The average Bonchev–Trinajstić information content (AvgIpc) is 2.84. The van der Waals surface area contributed by atoms with E-state index in [2.05, 4.69) is 59.7 Å². The quantitative estimate of drug-likeness (QED) is 0.325. The molecule has 0 bridgehead atoms. The molecular weight excluding hydrogens is 397 g/mol. The molecule has 4 aromatic carbocycles. The minimum atomic E-state index is -0.216. The minimum Gasteiger partial charge on any atom is -0.294 e. The number of hydrogen-bond donors (Lipinski definition) is 0. The Labute approximate surface area is 189 Å². The van der Waals surface area contributed by atoms with Crippen LogP contribution in [-0.2, 0) is 17.9 Å². The maximum absolute atomic E-state index is 13.7. The second-order valence-electron chi connectivity index (χ2n) is 8.59. The van der Waals surface area contributed by atoms with Crippen molar-refractivity contribution in [3.8, 4) is 11.1 Å². The van der Waals surface area contributed by atoms with Gasteiger partial charge in [0.15, 0.2) is 0 Å². The largest absolute Gasteiger partial charge is 0.294 e. The van der Waals surface area contributed by atoms with Crippen molar-refractivity contribution in [2.24, 2.45) is 0 Å². The SMILES string of the molecule is Fc1ccc(-c2cc(CON3CCCCC3)cc3cccc(Cc4ccccc4)c23)cc1. The van der Waals surface area contributed by atoms with Crippen LogP contribution in [0.2, 0.25) is 0 Å². The molecule has 0 radical (unpaired) electrons. The topological polar surface area (TPSA) is 12.5 Å². The van der Waals surface area contributed by atoms with Gasteiger partial charge in [0.1, 0.15) is 5.82 Å². The molecule has 0 saturated carbocycles. The number of benzene rings is 4. The fourth-order valence-corrected chi connectivity index (χ4v) is 4.63. The lowest BCUT2D eigenvalue weighted by Crippen LogP contribution is -2.29. The Hall–Kier alpha value is -3.01. The smallest absolute Gasteiger partial charge is 0.123 e. The molecule has 1 heterocycles. The van der Waals surface area contributed by atoms with Gasteiger partial charge in [-0.3, -0.25) is 4.84 Å². The highest BCUT2D eigenvalue weighted by Crippen LogP contribution is 2.34. The van der Waals surface area contributed by atoms with Crippen molar-refractivity contribution in [3.05, 3.63) is 107 Å². The second-order valence-corrected chi connectivity index (χ2v) is 8.59. The molecule has 1 saturated heterocycles. The molecule has 5 rings (SSSR count). The summed E-state index contributed by atoms with van der Waals surface area (Å²) in [5, 5.41) is 4.51. The Morgan fingerprint density at radius 3 is 2.31 bits per heavy atom. The lowest BCUT2D eigenvalue weighted by Gasteiger charge is -2.25. The van der Waals surface area contributed by atoms with Gasteiger partial charge >= 0.3 is 0 Å². The van der Waals surface area contributed by atoms with Crippen LogP contribution >= 0.6 is 0 Å². The van der Waals surface area contributed by atoms with E-state index in [4.69, 9.17) is 4.84 Å². The van der Waals surface area contributed by atoms with Crippen LogP contribution in [0.1, 0.15) is 36.0 Å². The lowest BCUT2D eigenvalue weighted by atomic mass is 9.90. The van der Waals surface area contributed by atoms with Crippen molar-refractivity contribution in [2.45, 2.75) is 32.3 Å². The fourth-order valence-electron chi connectivity index (χ4n) is 4.63. The van der Waals surface area contributed by atoms with Gasteiger partial charge in [-0.05, 0) is 82.1 Å². The van der Waals surface area contributed by atoms with Gasteiger partial charge in [-0.15, -0.1) is 0 Å². The molecular formula is C29H28FNO. The zero-order chi connectivity index (χ0) is 21.8.